The Morgan fingerprint density at radius 2 is 2.00 bits per heavy atom. The molecule has 1 aromatic carbocycles. The van der Waals surface area contributed by atoms with E-state index in [0.717, 1.165) is 12.8 Å². The van der Waals surface area contributed by atoms with Gasteiger partial charge in [0.2, 0.25) is 15.9 Å². The van der Waals surface area contributed by atoms with Gasteiger partial charge in [0.05, 0.1) is 11.5 Å². The van der Waals surface area contributed by atoms with Gasteiger partial charge in [-0.2, -0.15) is 9.98 Å². The molecule has 208 valence electrons. The number of benzene rings is 1. The zero-order valence-corrected chi connectivity index (χ0v) is 23.2. The number of fused-ring (bicyclic) bond motifs is 1. The van der Waals surface area contributed by atoms with Crippen LogP contribution in [0.25, 0.3) is 10.9 Å². The number of nitrogens with zero attached hydrogens (tertiary/aromatic N) is 3. The Morgan fingerprint density at radius 1 is 1.23 bits per heavy atom. The summed E-state index contributed by atoms with van der Waals surface area (Å²) in [5, 5.41) is 9.86. The first-order valence-corrected chi connectivity index (χ1v) is 14.8. The summed E-state index contributed by atoms with van der Waals surface area (Å²) in [6, 6.07) is 9.46. The molecule has 0 bridgehead atoms. The summed E-state index contributed by atoms with van der Waals surface area (Å²) in [7, 11) is -4.14. The highest BCUT2D eigenvalue weighted by Crippen LogP contribution is 2.28. The largest absolute Gasteiger partial charge is 0.466 e. The fourth-order valence-electron chi connectivity index (χ4n) is 5.02. The summed E-state index contributed by atoms with van der Waals surface area (Å²) in [5.74, 6) is -0.102. The van der Waals surface area contributed by atoms with Crippen LogP contribution in [-0.4, -0.2) is 60.5 Å². The highest BCUT2D eigenvalue weighted by atomic mass is 32.2. The van der Waals surface area contributed by atoms with Crippen molar-refractivity contribution in [1.82, 2.24) is 19.2 Å². The second-order valence-electron chi connectivity index (χ2n) is 9.97. The minimum Gasteiger partial charge on any atom is -0.466 e. The summed E-state index contributed by atoms with van der Waals surface area (Å²) in [4.78, 5) is 30.4. The van der Waals surface area contributed by atoms with Gasteiger partial charge in [0, 0.05) is 49.4 Å². The topological polar surface area (TPSA) is 137 Å². The molecule has 0 aliphatic carbocycles. The standard InChI is InChI=1S/C28H35N5O5S/c1-3-38-26(34)10-9-21-19-30-23-7-4-8-25(27(21)23)39(36,37)31-24(13-17-32-14-5-6-22(32)18-29)28(35)33-15-11-20(2)12-16-33/h4-8,14,19-20,24,30-31H,3,9-13,15-17H2,1-2H3. The molecular weight excluding hydrogens is 518 g/mol. The van der Waals surface area contributed by atoms with Crippen molar-refractivity contribution in [3.05, 3.63) is 54.0 Å². The zero-order valence-electron chi connectivity index (χ0n) is 22.4. The van der Waals surface area contributed by atoms with Crippen LogP contribution in [-0.2, 0) is 37.3 Å². The SMILES string of the molecule is CCOC(=O)CCc1c[nH]c2cccc(S(=O)(=O)NC(CCn3cccc3C#N)C(=O)N3CCC(C)CC3)c12. The summed E-state index contributed by atoms with van der Waals surface area (Å²) >= 11 is 0. The number of amides is 1. The van der Waals surface area contributed by atoms with Crippen molar-refractivity contribution in [2.75, 3.05) is 19.7 Å². The van der Waals surface area contributed by atoms with E-state index in [0.29, 0.717) is 54.1 Å². The molecule has 1 aliphatic rings. The quantitative estimate of drug-likeness (QED) is 0.350. The van der Waals surface area contributed by atoms with E-state index in [1.807, 2.05) is 0 Å². The Balaban J connectivity index is 1.62. The van der Waals surface area contributed by atoms with E-state index >= 15 is 0 Å². The van der Waals surface area contributed by atoms with Gasteiger partial charge in [-0.25, -0.2) is 8.42 Å². The molecule has 2 N–H and O–H groups in total. The maximum atomic E-state index is 13.8. The number of nitriles is 1. The maximum Gasteiger partial charge on any atom is 0.306 e. The number of rotatable bonds is 11. The predicted octanol–water partition coefficient (Wildman–Crippen LogP) is 3.33. The lowest BCUT2D eigenvalue weighted by molar-refractivity contribution is -0.143. The fourth-order valence-corrected chi connectivity index (χ4v) is 6.51. The van der Waals surface area contributed by atoms with Gasteiger partial charge in [0.1, 0.15) is 17.8 Å². The predicted molar refractivity (Wildman–Crippen MR) is 146 cm³/mol. The van der Waals surface area contributed by atoms with E-state index in [4.69, 9.17) is 4.74 Å². The number of likely N-dealkylation sites (tertiary alicyclic amines) is 1. The van der Waals surface area contributed by atoms with Crippen molar-refractivity contribution in [3.8, 4) is 6.07 Å². The summed E-state index contributed by atoms with van der Waals surface area (Å²) < 4.78 is 37.1. The lowest BCUT2D eigenvalue weighted by atomic mass is 9.98. The van der Waals surface area contributed by atoms with Crippen molar-refractivity contribution >= 4 is 32.8 Å². The molecule has 1 fully saturated rings. The number of piperidine rings is 1. The van der Waals surface area contributed by atoms with E-state index in [9.17, 15) is 23.3 Å². The molecule has 3 aromatic rings. The van der Waals surface area contributed by atoms with Crippen molar-refractivity contribution < 1.29 is 22.7 Å². The number of aryl methyl sites for hydroxylation is 2. The molecular formula is C28H35N5O5S. The van der Waals surface area contributed by atoms with Gasteiger partial charge in [-0.1, -0.05) is 13.0 Å². The smallest absolute Gasteiger partial charge is 0.306 e. The molecule has 1 aliphatic heterocycles. The number of carbonyl (C=O) groups excluding carboxylic acids is 2. The maximum absolute atomic E-state index is 13.8. The molecule has 39 heavy (non-hydrogen) atoms. The van der Waals surface area contributed by atoms with E-state index in [2.05, 4.69) is 22.7 Å². The second kappa shape index (κ2) is 12.5. The van der Waals surface area contributed by atoms with Crippen molar-refractivity contribution in [2.24, 2.45) is 5.92 Å². The Kier molecular flexibility index (Phi) is 9.09. The van der Waals surface area contributed by atoms with Crippen LogP contribution in [0.3, 0.4) is 0 Å². The molecule has 1 atom stereocenters. The third kappa shape index (κ3) is 6.69. The third-order valence-electron chi connectivity index (χ3n) is 7.24. The van der Waals surface area contributed by atoms with E-state index in [-0.39, 0.29) is 36.2 Å². The molecule has 0 radical (unpaired) electrons. The van der Waals surface area contributed by atoms with Gasteiger partial charge in [0.15, 0.2) is 0 Å². The average Bonchev–Trinajstić information content (AvgIpc) is 3.56. The van der Waals surface area contributed by atoms with E-state index in [1.165, 1.54) is 6.07 Å². The van der Waals surface area contributed by atoms with Crippen LogP contribution < -0.4 is 4.72 Å². The number of nitrogens with one attached hydrogen (secondary N) is 2. The van der Waals surface area contributed by atoms with Gasteiger partial charge < -0.3 is 19.2 Å². The Morgan fingerprint density at radius 3 is 2.72 bits per heavy atom. The monoisotopic (exact) mass is 553 g/mol. The molecule has 1 unspecified atom stereocenters. The lowest BCUT2D eigenvalue weighted by Crippen LogP contribution is -2.50. The number of aromatic amines is 1. The number of hydrogen-bond donors (Lipinski definition) is 2. The van der Waals surface area contributed by atoms with Crippen LogP contribution in [0.4, 0.5) is 0 Å². The molecule has 2 aromatic heterocycles. The van der Waals surface area contributed by atoms with Crippen molar-refractivity contribution in [3.63, 3.8) is 0 Å². The lowest BCUT2D eigenvalue weighted by Gasteiger charge is -2.33. The highest BCUT2D eigenvalue weighted by molar-refractivity contribution is 7.89. The van der Waals surface area contributed by atoms with Crippen molar-refractivity contribution in [2.45, 2.75) is 63.4 Å². The molecule has 1 amide bonds. The molecule has 0 spiro atoms. The van der Waals surface area contributed by atoms with Gasteiger partial charge in [-0.3, -0.25) is 9.59 Å². The molecule has 10 nitrogen and oxygen atoms in total. The van der Waals surface area contributed by atoms with Crippen LogP contribution in [0.5, 0.6) is 0 Å². The van der Waals surface area contributed by atoms with Crippen LogP contribution >= 0.6 is 0 Å². The van der Waals surface area contributed by atoms with Crippen LogP contribution in [0.15, 0.2) is 47.6 Å². The summed E-state index contributed by atoms with van der Waals surface area (Å²) in [6.45, 7) is 5.62. The number of hydrogen-bond acceptors (Lipinski definition) is 6. The number of carbonyl (C=O) groups is 2. The molecule has 3 heterocycles. The number of esters is 1. The number of ether oxygens (including phenoxy) is 1. The zero-order chi connectivity index (χ0) is 28.0. The highest BCUT2D eigenvalue weighted by Gasteiger charge is 2.32. The van der Waals surface area contributed by atoms with Crippen LogP contribution in [0.2, 0.25) is 0 Å². The van der Waals surface area contributed by atoms with E-state index in [1.54, 1.807) is 53.0 Å². The molecule has 1 saturated heterocycles. The minimum absolute atomic E-state index is 0.0452. The van der Waals surface area contributed by atoms with Gasteiger partial charge >= 0.3 is 5.97 Å². The van der Waals surface area contributed by atoms with Gasteiger partial charge in [0.25, 0.3) is 0 Å². The Bertz CT molecular complexity index is 1460. The third-order valence-corrected chi connectivity index (χ3v) is 8.75. The van der Waals surface area contributed by atoms with E-state index < -0.39 is 16.1 Å². The fraction of sp³-hybridized carbons (Fsp3) is 0.464. The molecule has 4 rings (SSSR count). The van der Waals surface area contributed by atoms with Gasteiger partial charge in [-0.15, -0.1) is 0 Å². The first-order chi connectivity index (χ1) is 18.7. The molecule has 0 saturated carbocycles. The number of aromatic nitrogens is 2. The Labute approximate surface area is 229 Å². The first kappa shape index (κ1) is 28.4. The van der Waals surface area contributed by atoms with Crippen molar-refractivity contribution in [1.29, 1.82) is 5.26 Å². The normalized spacial score (nSPS) is 15.3. The summed E-state index contributed by atoms with van der Waals surface area (Å²) in [6.07, 6.45) is 5.80. The Hall–Kier alpha value is -3.62. The number of H-pyrrole nitrogens is 1. The van der Waals surface area contributed by atoms with Crippen LogP contribution in [0.1, 0.15) is 50.8 Å². The minimum atomic E-state index is -4.14. The first-order valence-electron chi connectivity index (χ1n) is 13.3. The summed E-state index contributed by atoms with van der Waals surface area (Å²) in [5.41, 5.74) is 1.74. The second-order valence-corrected chi connectivity index (χ2v) is 11.6. The molecule has 11 heteroatoms. The number of sulfonamides is 1. The average molecular weight is 554 g/mol. The van der Waals surface area contributed by atoms with Gasteiger partial charge in [-0.05, 0) is 68.4 Å². The van der Waals surface area contributed by atoms with Crippen LogP contribution in [0, 0.1) is 17.2 Å².